The van der Waals surface area contributed by atoms with Gasteiger partial charge in [0.25, 0.3) is 0 Å². The highest BCUT2D eigenvalue weighted by molar-refractivity contribution is 7.84. The Hall–Kier alpha value is -0.670. The average molecular weight is 253 g/mol. The molecule has 96 valence electrons. The summed E-state index contributed by atoms with van der Waals surface area (Å²) in [5, 5.41) is 3.56. The van der Waals surface area contributed by atoms with Crippen molar-refractivity contribution in [3.63, 3.8) is 0 Å². The van der Waals surface area contributed by atoms with Crippen LogP contribution in [0.4, 0.5) is 0 Å². The van der Waals surface area contributed by atoms with Crippen LogP contribution in [0.1, 0.15) is 37.8 Å². The van der Waals surface area contributed by atoms with E-state index in [4.69, 9.17) is 0 Å². The molecule has 0 heterocycles. The van der Waals surface area contributed by atoms with Gasteiger partial charge in [-0.05, 0) is 24.9 Å². The zero-order valence-corrected chi connectivity index (χ0v) is 11.6. The van der Waals surface area contributed by atoms with E-state index in [-0.39, 0.29) is 0 Å². The molecule has 1 N–H and O–H groups in total. The highest BCUT2D eigenvalue weighted by Gasteiger charge is 2.08. The van der Waals surface area contributed by atoms with Crippen LogP contribution in [0.5, 0.6) is 0 Å². The molecule has 0 aliphatic heterocycles. The van der Waals surface area contributed by atoms with Crippen LogP contribution in [0.3, 0.4) is 0 Å². The van der Waals surface area contributed by atoms with E-state index in [1.807, 2.05) is 6.07 Å². The van der Waals surface area contributed by atoms with E-state index < -0.39 is 10.8 Å². The SMILES string of the molecule is CCCC(NCCCS(C)=O)c1ccccc1. The first-order valence-electron chi connectivity index (χ1n) is 6.32. The monoisotopic (exact) mass is 253 g/mol. The molecule has 0 bridgehead atoms. The van der Waals surface area contributed by atoms with E-state index in [1.54, 1.807) is 6.26 Å². The van der Waals surface area contributed by atoms with Crippen LogP contribution in [-0.2, 0) is 10.8 Å². The second kappa shape index (κ2) is 8.43. The Labute approximate surface area is 107 Å². The van der Waals surface area contributed by atoms with Gasteiger partial charge in [0.05, 0.1) is 0 Å². The van der Waals surface area contributed by atoms with Gasteiger partial charge in [0, 0.05) is 28.9 Å². The summed E-state index contributed by atoms with van der Waals surface area (Å²) in [7, 11) is -0.669. The van der Waals surface area contributed by atoms with Gasteiger partial charge in [0.15, 0.2) is 0 Å². The van der Waals surface area contributed by atoms with Crippen molar-refractivity contribution < 1.29 is 4.21 Å². The van der Waals surface area contributed by atoms with Crippen molar-refractivity contribution in [1.29, 1.82) is 0 Å². The molecule has 0 aliphatic rings. The standard InChI is InChI=1S/C14H23NOS/c1-3-8-14(13-9-5-4-6-10-13)15-11-7-12-17(2)16/h4-6,9-10,14-15H,3,7-8,11-12H2,1-2H3. The van der Waals surface area contributed by atoms with Gasteiger partial charge in [-0.15, -0.1) is 0 Å². The lowest BCUT2D eigenvalue weighted by molar-refractivity contribution is 0.494. The van der Waals surface area contributed by atoms with Crippen LogP contribution in [0, 0.1) is 0 Å². The molecule has 0 amide bonds. The topological polar surface area (TPSA) is 29.1 Å². The first-order chi connectivity index (χ1) is 8.24. The molecule has 0 fully saturated rings. The van der Waals surface area contributed by atoms with Gasteiger partial charge in [0.2, 0.25) is 0 Å². The highest BCUT2D eigenvalue weighted by atomic mass is 32.2. The van der Waals surface area contributed by atoms with Crippen LogP contribution >= 0.6 is 0 Å². The Kier molecular flexibility index (Phi) is 7.13. The highest BCUT2D eigenvalue weighted by Crippen LogP contribution is 2.17. The molecule has 0 aromatic heterocycles. The van der Waals surface area contributed by atoms with Crippen LogP contribution < -0.4 is 5.32 Å². The maximum atomic E-state index is 11.0. The second-order valence-electron chi connectivity index (χ2n) is 4.34. The van der Waals surface area contributed by atoms with Crippen molar-refractivity contribution in [1.82, 2.24) is 5.32 Å². The number of hydrogen-bond donors (Lipinski definition) is 1. The molecule has 1 rings (SSSR count). The van der Waals surface area contributed by atoms with E-state index in [2.05, 4.69) is 36.5 Å². The van der Waals surface area contributed by atoms with Gasteiger partial charge in [-0.2, -0.15) is 0 Å². The molecule has 1 aromatic rings. The predicted molar refractivity (Wildman–Crippen MR) is 75.6 cm³/mol. The van der Waals surface area contributed by atoms with E-state index in [1.165, 1.54) is 12.0 Å². The fourth-order valence-corrected chi connectivity index (χ4v) is 2.46. The molecule has 2 atom stereocenters. The summed E-state index contributed by atoms with van der Waals surface area (Å²) < 4.78 is 11.0. The summed E-state index contributed by atoms with van der Waals surface area (Å²) in [5.74, 6) is 0.792. The Morgan fingerprint density at radius 2 is 2.00 bits per heavy atom. The van der Waals surface area contributed by atoms with Crippen LogP contribution in [0.15, 0.2) is 30.3 Å². The Bertz CT molecular complexity index is 326. The smallest absolute Gasteiger partial charge is 0.0320 e. The fraction of sp³-hybridized carbons (Fsp3) is 0.571. The predicted octanol–water partition coefficient (Wildman–Crippen LogP) is 2.89. The quantitative estimate of drug-likeness (QED) is 0.722. The maximum Gasteiger partial charge on any atom is 0.0320 e. The summed E-state index contributed by atoms with van der Waals surface area (Å²) in [6.45, 7) is 3.15. The number of nitrogens with one attached hydrogen (secondary N) is 1. The zero-order valence-electron chi connectivity index (χ0n) is 10.8. The molecule has 1 aromatic carbocycles. The molecule has 2 unspecified atom stereocenters. The van der Waals surface area contributed by atoms with Gasteiger partial charge in [-0.3, -0.25) is 4.21 Å². The fourth-order valence-electron chi connectivity index (χ4n) is 1.91. The molecule has 0 saturated carbocycles. The molecule has 0 aliphatic carbocycles. The Morgan fingerprint density at radius 1 is 1.29 bits per heavy atom. The number of hydrogen-bond acceptors (Lipinski definition) is 2. The van der Waals surface area contributed by atoms with E-state index in [0.717, 1.165) is 25.1 Å². The first-order valence-corrected chi connectivity index (χ1v) is 8.05. The van der Waals surface area contributed by atoms with Crippen LogP contribution in [0.2, 0.25) is 0 Å². The molecule has 0 saturated heterocycles. The van der Waals surface area contributed by atoms with Crippen molar-refractivity contribution in [2.75, 3.05) is 18.6 Å². The van der Waals surface area contributed by atoms with Gasteiger partial charge >= 0.3 is 0 Å². The molecule has 2 nitrogen and oxygen atoms in total. The van der Waals surface area contributed by atoms with Crippen molar-refractivity contribution in [3.8, 4) is 0 Å². The van der Waals surface area contributed by atoms with Crippen LogP contribution in [-0.4, -0.2) is 22.8 Å². The van der Waals surface area contributed by atoms with Crippen molar-refractivity contribution >= 4 is 10.8 Å². The minimum atomic E-state index is -0.669. The lowest BCUT2D eigenvalue weighted by Gasteiger charge is -2.18. The van der Waals surface area contributed by atoms with E-state index in [9.17, 15) is 4.21 Å². The van der Waals surface area contributed by atoms with E-state index >= 15 is 0 Å². The van der Waals surface area contributed by atoms with Gasteiger partial charge < -0.3 is 5.32 Å². The molecule has 17 heavy (non-hydrogen) atoms. The number of rotatable bonds is 8. The third-order valence-corrected chi connectivity index (χ3v) is 3.64. The van der Waals surface area contributed by atoms with Gasteiger partial charge in [-0.25, -0.2) is 0 Å². The average Bonchev–Trinajstić information content (AvgIpc) is 2.34. The Balaban J connectivity index is 2.41. The summed E-state index contributed by atoms with van der Waals surface area (Å²) in [4.78, 5) is 0. The summed E-state index contributed by atoms with van der Waals surface area (Å²) >= 11 is 0. The minimum absolute atomic E-state index is 0.437. The summed E-state index contributed by atoms with van der Waals surface area (Å²) in [6.07, 6.45) is 5.07. The van der Waals surface area contributed by atoms with E-state index in [0.29, 0.717) is 6.04 Å². The third kappa shape index (κ3) is 5.99. The maximum absolute atomic E-state index is 11.0. The summed E-state index contributed by atoms with van der Waals surface area (Å²) in [6, 6.07) is 11.0. The third-order valence-electron chi connectivity index (χ3n) is 2.78. The molecule has 3 heteroatoms. The first kappa shape index (κ1) is 14.4. The Morgan fingerprint density at radius 3 is 2.59 bits per heavy atom. The van der Waals surface area contributed by atoms with Crippen molar-refractivity contribution in [2.24, 2.45) is 0 Å². The minimum Gasteiger partial charge on any atom is -0.310 e. The van der Waals surface area contributed by atoms with Crippen LogP contribution in [0.25, 0.3) is 0 Å². The molecule has 0 spiro atoms. The molecular formula is C14H23NOS. The molecule has 0 radical (unpaired) electrons. The zero-order chi connectivity index (χ0) is 12.5. The molecular weight excluding hydrogens is 230 g/mol. The lowest BCUT2D eigenvalue weighted by atomic mass is 10.0. The largest absolute Gasteiger partial charge is 0.310 e. The summed E-state index contributed by atoms with van der Waals surface area (Å²) in [5.41, 5.74) is 1.35. The van der Waals surface area contributed by atoms with Crippen molar-refractivity contribution in [3.05, 3.63) is 35.9 Å². The normalized spacial score (nSPS) is 14.5. The number of benzene rings is 1. The van der Waals surface area contributed by atoms with Gasteiger partial charge in [-0.1, -0.05) is 43.7 Å². The van der Waals surface area contributed by atoms with Gasteiger partial charge in [0.1, 0.15) is 0 Å². The van der Waals surface area contributed by atoms with Crippen molar-refractivity contribution in [2.45, 2.75) is 32.2 Å². The lowest BCUT2D eigenvalue weighted by Crippen LogP contribution is -2.23. The second-order valence-corrected chi connectivity index (χ2v) is 5.89.